The molecule has 0 radical (unpaired) electrons. The first-order valence-electron chi connectivity index (χ1n) is 16.5. The molecule has 10 aromatic rings. The third-order valence-corrected chi connectivity index (χ3v) is 10.6. The first-order chi connectivity index (χ1) is 25.3. The molecule has 52 heavy (non-hydrogen) atoms. The number of rotatable bonds is 2. The number of furan rings is 2. The molecule has 0 spiro atoms. The highest BCUT2D eigenvalue weighted by Gasteiger charge is 2.15. The van der Waals surface area contributed by atoms with Crippen LogP contribution in [0.4, 0.5) is 0 Å². The Morgan fingerprint density at radius 2 is 1.00 bits per heavy atom. The Kier molecular flexibility index (Phi) is 9.92. The van der Waals surface area contributed by atoms with Crippen molar-refractivity contribution in [2.24, 2.45) is 0 Å². The Morgan fingerprint density at radius 1 is 0.462 bits per heavy atom. The van der Waals surface area contributed by atoms with Crippen LogP contribution in [0.25, 0.3) is 76.5 Å². The summed E-state index contributed by atoms with van der Waals surface area (Å²) >= 11 is 9.18. The van der Waals surface area contributed by atoms with Crippen molar-refractivity contribution >= 4 is 132 Å². The molecule has 254 valence electrons. The minimum Gasteiger partial charge on any atom is -0.455 e. The van der Waals surface area contributed by atoms with E-state index in [0.29, 0.717) is 5.46 Å². The molecular weight excluding hydrogens is 890 g/mol. The zero-order valence-electron chi connectivity index (χ0n) is 27.4. The molecule has 2 aromatic heterocycles. The predicted octanol–water partition coefficient (Wildman–Crippen LogP) is 12.9. The maximum atomic E-state index is 9.29. The van der Waals surface area contributed by atoms with Gasteiger partial charge in [0, 0.05) is 46.3 Å². The summed E-state index contributed by atoms with van der Waals surface area (Å²) in [6, 6.07) is 53.0. The van der Waals surface area contributed by atoms with Gasteiger partial charge in [-0.15, -0.1) is 0 Å². The van der Waals surface area contributed by atoms with Gasteiger partial charge in [-0.1, -0.05) is 129 Å². The van der Waals surface area contributed by atoms with Crippen LogP contribution in [-0.4, -0.2) is 17.2 Å². The number of hydrogen-bond acceptors (Lipinski definition) is 4. The van der Waals surface area contributed by atoms with Crippen molar-refractivity contribution in [3.05, 3.63) is 170 Å². The Labute approximate surface area is 331 Å². The van der Waals surface area contributed by atoms with Crippen LogP contribution in [0.2, 0.25) is 0 Å². The zero-order chi connectivity index (χ0) is 35.8. The van der Waals surface area contributed by atoms with Crippen molar-refractivity contribution in [3.63, 3.8) is 0 Å². The molecule has 4 nitrogen and oxygen atoms in total. The summed E-state index contributed by atoms with van der Waals surface area (Å²) in [4.78, 5) is 0. The van der Waals surface area contributed by atoms with Crippen LogP contribution in [0.15, 0.2) is 176 Å². The summed E-state index contributed by atoms with van der Waals surface area (Å²) in [6.45, 7) is 0. The third kappa shape index (κ3) is 7.01. The lowest BCUT2D eigenvalue weighted by Crippen LogP contribution is -2.29. The molecule has 8 heteroatoms. The first-order valence-corrected chi connectivity index (χ1v) is 19.2. The van der Waals surface area contributed by atoms with Gasteiger partial charge in [0.05, 0.1) is 0 Å². The van der Waals surface area contributed by atoms with E-state index in [0.717, 1.165) is 63.6 Å². The van der Waals surface area contributed by atoms with E-state index in [4.69, 9.17) is 8.83 Å². The molecule has 2 N–H and O–H groups in total. The summed E-state index contributed by atoms with van der Waals surface area (Å²) in [5, 5.41) is 27.3. The molecule has 0 aliphatic heterocycles. The summed E-state index contributed by atoms with van der Waals surface area (Å²) in [5.41, 5.74) is 6.34. The lowest BCUT2D eigenvalue weighted by molar-refractivity contribution is 0.426. The largest absolute Gasteiger partial charge is 0.488 e. The SMILES string of the molecule is Brc1cccc(-c2ccc3oc4c5ccccc5ccc4c3c2)c1.Brc1cccc(I)c1.OB(O)c1ccc2oc3c4ccccc4ccc3c2c1.[HH]. The Bertz CT molecular complexity index is 2890. The Balaban J connectivity index is 0.000000136. The van der Waals surface area contributed by atoms with E-state index >= 15 is 0 Å². The maximum Gasteiger partial charge on any atom is 0.488 e. The highest BCUT2D eigenvalue weighted by molar-refractivity contribution is 14.1. The van der Waals surface area contributed by atoms with Crippen molar-refractivity contribution in [3.8, 4) is 11.1 Å². The molecule has 8 aromatic carbocycles. The summed E-state index contributed by atoms with van der Waals surface area (Å²) < 4.78 is 15.6. The van der Waals surface area contributed by atoms with E-state index < -0.39 is 7.12 Å². The monoisotopic (exact) mass is 918 g/mol. The third-order valence-electron chi connectivity index (χ3n) is 8.99. The predicted molar refractivity (Wildman–Crippen MR) is 234 cm³/mol. The second-order valence-corrected chi connectivity index (χ2v) is 15.4. The molecule has 0 atom stereocenters. The van der Waals surface area contributed by atoms with Gasteiger partial charge in [0.25, 0.3) is 0 Å². The topological polar surface area (TPSA) is 66.7 Å². The van der Waals surface area contributed by atoms with Gasteiger partial charge in [0.2, 0.25) is 0 Å². The maximum absolute atomic E-state index is 9.29. The molecule has 10 rings (SSSR count). The standard InChI is InChI=1S/C22H13BrO.C16H11BO3.C6H4BrI.H2/c23-17-6-3-5-15(12-17)16-9-11-21-20(13-16)19-10-8-14-4-1-2-7-18(14)22(19)24-21;18-17(19)11-6-8-15-14(9-11)13-7-5-10-3-1-2-4-12(10)16(13)20-15;7-5-2-1-3-6(8)4-5;/h1-13H;1-9,18-19H;1-4H;1H. The minimum absolute atomic E-state index is 0. The molecule has 0 saturated heterocycles. The fourth-order valence-electron chi connectivity index (χ4n) is 6.49. The van der Waals surface area contributed by atoms with Gasteiger partial charge in [0.15, 0.2) is 0 Å². The second kappa shape index (κ2) is 14.9. The molecule has 0 fully saturated rings. The first kappa shape index (κ1) is 34.6. The van der Waals surface area contributed by atoms with Crippen LogP contribution in [-0.2, 0) is 0 Å². The molecule has 0 amide bonds. The lowest BCUT2D eigenvalue weighted by atomic mass is 9.80. The summed E-state index contributed by atoms with van der Waals surface area (Å²) in [5.74, 6) is 0. The zero-order valence-corrected chi connectivity index (χ0v) is 32.8. The van der Waals surface area contributed by atoms with Crippen molar-refractivity contribution in [2.75, 3.05) is 0 Å². The van der Waals surface area contributed by atoms with Crippen molar-refractivity contribution in [1.29, 1.82) is 0 Å². The quantitative estimate of drug-likeness (QED) is 0.134. The highest BCUT2D eigenvalue weighted by Crippen LogP contribution is 2.37. The van der Waals surface area contributed by atoms with Gasteiger partial charge in [-0.25, -0.2) is 0 Å². The highest BCUT2D eigenvalue weighted by atomic mass is 127. The number of fused-ring (bicyclic) bond motifs is 10. The van der Waals surface area contributed by atoms with Crippen molar-refractivity contribution in [2.45, 2.75) is 0 Å². The molecule has 0 bridgehead atoms. The number of benzene rings is 8. The summed E-state index contributed by atoms with van der Waals surface area (Å²) in [7, 11) is -1.47. The van der Waals surface area contributed by atoms with E-state index in [1.807, 2.05) is 48.5 Å². The van der Waals surface area contributed by atoms with Crippen LogP contribution in [0, 0.1) is 3.57 Å². The average Bonchev–Trinajstić information content (AvgIpc) is 3.73. The van der Waals surface area contributed by atoms with E-state index in [2.05, 4.69) is 145 Å². The van der Waals surface area contributed by atoms with Gasteiger partial charge >= 0.3 is 7.12 Å². The van der Waals surface area contributed by atoms with Gasteiger partial charge in [-0.3, -0.25) is 0 Å². The van der Waals surface area contributed by atoms with Crippen molar-refractivity contribution < 1.29 is 20.3 Å². The Morgan fingerprint density at radius 3 is 1.56 bits per heavy atom. The van der Waals surface area contributed by atoms with E-state index in [-0.39, 0.29) is 1.43 Å². The van der Waals surface area contributed by atoms with Gasteiger partial charge in [-0.05, 0) is 111 Å². The van der Waals surface area contributed by atoms with Crippen LogP contribution in [0.1, 0.15) is 1.43 Å². The number of hydrogen-bond donors (Lipinski definition) is 2. The molecule has 2 heterocycles. The normalized spacial score (nSPS) is 11.2. The second-order valence-electron chi connectivity index (χ2n) is 12.3. The summed E-state index contributed by atoms with van der Waals surface area (Å²) in [6.07, 6.45) is 0. The molecular formula is C44H30BBr2IO4. The van der Waals surface area contributed by atoms with Crippen LogP contribution < -0.4 is 5.46 Å². The van der Waals surface area contributed by atoms with Crippen LogP contribution in [0.5, 0.6) is 0 Å². The van der Waals surface area contributed by atoms with Crippen LogP contribution in [0.3, 0.4) is 0 Å². The average molecular weight is 920 g/mol. The smallest absolute Gasteiger partial charge is 0.455 e. The molecule has 0 aliphatic rings. The van der Waals surface area contributed by atoms with E-state index in [1.54, 1.807) is 18.2 Å². The number of halogens is 3. The molecule has 0 unspecified atom stereocenters. The van der Waals surface area contributed by atoms with E-state index in [1.165, 1.54) is 25.5 Å². The fraction of sp³-hybridized carbons (Fsp3) is 0. The minimum atomic E-state index is -1.47. The molecule has 0 aliphatic carbocycles. The van der Waals surface area contributed by atoms with Crippen molar-refractivity contribution in [1.82, 2.24) is 0 Å². The Hall–Kier alpha value is -4.45. The van der Waals surface area contributed by atoms with E-state index in [9.17, 15) is 10.0 Å². The van der Waals surface area contributed by atoms with Gasteiger partial charge < -0.3 is 18.9 Å². The molecule has 0 saturated carbocycles. The van der Waals surface area contributed by atoms with Gasteiger partial charge in [-0.2, -0.15) is 0 Å². The van der Waals surface area contributed by atoms with Crippen LogP contribution >= 0.6 is 54.5 Å². The fourth-order valence-corrected chi connectivity index (χ4v) is 8.26. The van der Waals surface area contributed by atoms with Gasteiger partial charge in [0.1, 0.15) is 22.3 Å². The lowest BCUT2D eigenvalue weighted by Gasteiger charge is -2.02.